The molecule has 1 saturated carbocycles. The van der Waals surface area contributed by atoms with Crippen LogP contribution in [0.2, 0.25) is 0 Å². The standard InChI is InChI=1S/C16H24N4O2/c1-12(20-8-3-4-14(20)21)15(22)18-10-16(5-6-16)11-19-9-7-17-13(19)2/h7,9,12H,3-6,8,10-11H2,1-2H3,(H,18,22)/t12-/m0/s1. The molecule has 1 saturated heterocycles. The van der Waals surface area contributed by atoms with Gasteiger partial charge in [-0.25, -0.2) is 4.98 Å². The van der Waals surface area contributed by atoms with Crippen molar-refractivity contribution in [2.75, 3.05) is 13.1 Å². The molecule has 1 aliphatic carbocycles. The molecule has 120 valence electrons. The Morgan fingerprint density at radius 3 is 2.82 bits per heavy atom. The predicted molar refractivity (Wildman–Crippen MR) is 82.0 cm³/mol. The fourth-order valence-electron chi connectivity index (χ4n) is 3.14. The first-order chi connectivity index (χ1) is 10.5. The number of rotatable bonds is 6. The van der Waals surface area contributed by atoms with Crippen molar-refractivity contribution in [2.45, 2.75) is 52.1 Å². The number of aryl methyl sites for hydroxylation is 1. The van der Waals surface area contributed by atoms with Gasteiger partial charge >= 0.3 is 0 Å². The van der Waals surface area contributed by atoms with Crippen molar-refractivity contribution >= 4 is 11.8 Å². The average Bonchev–Trinajstić information content (AvgIpc) is 2.94. The van der Waals surface area contributed by atoms with E-state index in [1.165, 1.54) is 0 Å². The molecule has 22 heavy (non-hydrogen) atoms. The quantitative estimate of drug-likeness (QED) is 0.856. The molecule has 0 aromatic carbocycles. The van der Waals surface area contributed by atoms with Crippen LogP contribution in [0.5, 0.6) is 0 Å². The van der Waals surface area contributed by atoms with Crippen molar-refractivity contribution in [2.24, 2.45) is 5.41 Å². The zero-order chi connectivity index (χ0) is 15.7. The van der Waals surface area contributed by atoms with E-state index < -0.39 is 0 Å². The van der Waals surface area contributed by atoms with Gasteiger partial charge < -0.3 is 14.8 Å². The van der Waals surface area contributed by atoms with Gasteiger partial charge in [0.05, 0.1) is 0 Å². The van der Waals surface area contributed by atoms with E-state index in [4.69, 9.17) is 0 Å². The van der Waals surface area contributed by atoms with E-state index in [1.807, 2.05) is 26.2 Å². The highest BCUT2D eigenvalue weighted by Crippen LogP contribution is 2.46. The van der Waals surface area contributed by atoms with E-state index in [-0.39, 0.29) is 23.3 Å². The summed E-state index contributed by atoms with van der Waals surface area (Å²) >= 11 is 0. The number of nitrogens with zero attached hydrogens (tertiary/aromatic N) is 3. The number of aromatic nitrogens is 2. The molecule has 6 heteroatoms. The Labute approximate surface area is 130 Å². The van der Waals surface area contributed by atoms with Crippen LogP contribution in [-0.4, -0.2) is 45.4 Å². The molecule has 1 aliphatic heterocycles. The predicted octanol–water partition coefficient (Wildman–Crippen LogP) is 1.10. The van der Waals surface area contributed by atoms with Gasteiger partial charge in [-0.2, -0.15) is 0 Å². The number of nitrogens with one attached hydrogen (secondary N) is 1. The summed E-state index contributed by atoms with van der Waals surface area (Å²) in [7, 11) is 0. The van der Waals surface area contributed by atoms with Crippen LogP contribution in [0.1, 0.15) is 38.4 Å². The molecule has 3 rings (SSSR count). The second kappa shape index (κ2) is 5.74. The fourth-order valence-corrected chi connectivity index (χ4v) is 3.14. The van der Waals surface area contributed by atoms with E-state index in [0.29, 0.717) is 19.5 Å². The van der Waals surface area contributed by atoms with Crippen LogP contribution in [0.15, 0.2) is 12.4 Å². The van der Waals surface area contributed by atoms with E-state index in [2.05, 4.69) is 14.9 Å². The Balaban J connectivity index is 1.52. The number of imidazole rings is 1. The Hall–Kier alpha value is -1.85. The molecule has 1 atom stereocenters. The topological polar surface area (TPSA) is 67.2 Å². The van der Waals surface area contributed by atoms with Gasteiger partial charge in [0, 0.05) is 43.9 Å². The maximum atomic E-state index is 12.3. The number of amides is 2. The van der Waals surface area contributed by atoms with E-state index in [1.54, 1.807) is 4.90 Å². The van der Waals surface area contributed by atoms with Crippen molar-refractivity contribution in [3.8, 4) is 0 Å². The first-order valence-electron chi connectivity index (χ1n) is 8.06. The summed E-state index contributed by atoms with van der Waals surface area (Å²) in [4.78, 5) is 29.9. The molecule has 1 N–H and O–H groups in total. The molecule has 0 unspecified atom stereocenters. The zero-order valence-corrected chi connectivity index (χ0v) is 13.3. The third-order valence-electron chi connectivity index (χ3n) is 4.98. The minimum atomic E-state index is -0.360. The molecule has 0 radical (unpaired) electrons. The van der Waals surface area contributed by atoms with Crippen LogP contribution < -0.4 is 5.32 Å². The van der Waals surface area contributed by atoms with Crippen molar-refractivity contribution in [1.82, 2.24) is 19.8 Å². The number of carbonyl (C=O) groups is 2. The number of hydrogen-bond acceptors (Lipinski definition) is 3. The Kier molecular flexibility index (Phi) is 3.93. The SMILES string of the molecule is Cc1nccn1CC1(CNC(=O)[C@H](C)N2CCCC2=O)CC1. The molecule has 0 spiro atoms. The fraction of sp³-hybridized carbons (Fsp3) is 0.688. The normalized spacial score (nSPS) is 21.0. The summed E-state index contributed by atoms with van der Waals surface area (Å²) in [5.41, 5.74) is 0.163. The average molecular weight is 304 g/mol. The number of likely N-dealkylation sites (tertiary alicyclic amines) is 1. The largest absolute Gasteiger partial charge is 0.354 e. The van der Waals surface area contributed by atoms with E-state index in [0.717, 1.165) is 31.6 Å². The summed E-state index contributed by atoms with van der Waals surface area (Å²) in [6.45, 7) is 6.09. The lowest BCUT2D eigenvalue weighted by atomic mass is 10.1. The molecule has 1 aromatic heterocycles. The summed E-state index contributed by atoms with van der Waals surface area (Å²) in [6, 6.07) is -0.360. The van der Waals surface area contributed by atoms with Gasteiger partial charge in [-0.05, 0) is 33.1 Å². The van der Waals surface area contributed by atoms with Gasteiger partial charge in [-0.3, -0.25) is 9.59 Å². The van der Waals surface area contributed by atoms with Crippen LogP contribution in [0.4, 0.5) is 0 Å². The molecule has 2 aliphatic rings. The van der Waals surface area contributed by atoms with Gasteiger partial charge in [0.1, 0.15) is 11.9 Å². The summed E-state index contributed by atoms with van der Waals surface area (Å²) < 4.78 is 2.15. The van der Waals surface area contributed by atoms with E-state index >= 15 is 0 Å². The monoisotopic (exact) mass is 304 g/mol. The minimum absolute atomic E-state index is 0.0381. The smallest absolute Gasteiger partial charge is 0.242 e. The summed E-state index contributed by atoms with van der Waals surface area (Å²) in [5.74, 6) is 1.07. The lowest BCUT2D eigenvalue weighted by molar-refractivity contribution is -0.136. The highest BCUT2D eigenvalue weighted by Gasteiger charge is 2.43. The minimum Gasteiger partial charge on any atom is -0.354 e. The molecule has 2 amide bonds. The van der Waals surface area contributed by atoms with Crippen LogP contribution in [0.3, 0.4) is 0 Å². The van der Waals surface area contributed by atoms with Crippen molar-refractivity contribution in [3.05, 3.63) is 18.2 Å². The van der Waals surface area contributed by atoms with Gasteiger partial charge in [0.25, 0.3) is 0 Å². The zero-order valence-electron chi connectivity index (χ0n) is 13.3. The molecule has 1 aromatic rings. The lowest BCUT2D eigenvalue weighted by Crippen LogP contribution is -2.47. The first-order valence-corrected chi connectivity index (χ1v) is 8.06. The van der Waals surface area contributed by atoms with Crippen LogP contribution in [-0.2, 0) is 16.1 Å². The molecule has 2 heterocycles. The number of carbonyl (C=O) groups excluding carboxylic acids is 2. The molecule has 6 nitrogen and oxygen atoms in total. The molecule has 0 bridgehead atoms. The maximum absolute atomic E-state index is 12.3. The van der Waals surface area contributed by atoms with Gasteiger partial charge in [-0.15, -0.1) is 0 Å². The molecular formula is C16H24N4O2. The Morgan fingerprint density at radius 2 is 2.27 bits per heavy atom. The maximum Gasteiger partial charge on any atom is 0.242 e. The van der Waals surface area contributed by atoms with Crippen LogP contribution in [0, 0.1) is 12.3 Å². The van der Waals surface area contributed by atoms with Gasteiger partial charge in [-0.1, -0.05) is 0 Å². The third kappa shape index (κ3) is 3.00. The van der Waals surface area contributed by atoms with E-state index in [9.17, 15) is 9.59 Å². The summed E-state index contributed by atoms with van der Waals surface area (Å²) in [5, 5.41) is 3.05. The Morgan fingerprint density at radius 1 is 1.50 bits per heavy atom. The van der Waals surface area contributed by atoms with Crippen LogP contribution in [0.25, 0.3) is 0 Å². The highest BCUT2D eigenvalue weighted by molar-refractivity contribution is 5.88. The third-order valence-corrected chi connectivity index (χ3v) is 4.98. The number of hydrogen-bond donors (Lipinski definition) is 1. The van der Waals surface area contributed by atoms with Crippen LogP contribution >= 0.6 is 0 Å². The second-order valence-corrected chi connectivity index (χ2v) is 6.69. The molecular weight excluding hydrogens is 280 g/mol. The van der Waals surface area contributed by atoms with Gasteiger partial charge in [0.15, 0.2) is 0 Å². The highest BCUT2D eigenvalue weighted by atomic mass is 16.2. The van der Waals surface area contributed by atoms with Crippen molar-refractivity contribution in [1.29, 1.82) is 0 Å². The van der Waals surface area contributed by atoms with Crippen molar-refractivity contribution < 1.29 is 9.59 Å². The van der Waals surface area contributed by atoms with Gasteiger partial charge in [0.2, 0.25) is 11.8 Å². The second-order valence-electron chi connectivity index (χ2n) is 6.69. The lowest BCUT2D eigenvalue weighted by Gasteiger charge is -2.25. The first kappa shape index (κ1) is 15.1. The Bertz CT molecular complexity index is 576. The summed E-state index contributed by atoms with van der Waals surface area (Å²) in [6.07, 6.45) is 7.49. The molecule has 2 fully saturated rings. The van der Waals surface area contributed by atoms with Crippen molar-refractivity contribution in [3.63, 3.8) is 0 Å².